The minimum absolute atomic E-state index is 0.167. The zero-order valence-corrected chi connectivity index (χ0v) is 20.2. The molecule has 0 aliphatic rings. The summed E-state index contributed by atoms with van der Waals surface area (Å²) in [5, 5.41) is 3.87. The maximum Gasteiger partial charge on any atom is 0.261 e. The molecule has 8 heteroatoms. The van der Waals surface area contributed by atoms with Gasteiger partial charge in [-0.15, -0.1) is 0 Å². The summed E-state index contributed by atoms with van der Waals surface area (Å²) in [7, 11) is 1.58. The molecule has 0 fully saturated rings. The Bertz CT molecular complexity index is 890. The number of hydrogen-bond acceptors (Lipinski definition) is 4. The van der Waals surface area contributed by atoms with E-state index < -0.39 is 6.04 Å². The second kappa shape index (κ2) is 13.2. The van der Waals surface area contributed by atoms with E-state index in [1.54, 1.807) is 49.6 Å². The van der Waals surface area contributed by atoms with Gasteiger partial charge in [-0.2, -0.15) is 0 Å². The number of ether oxygens (including phenoxy) is 2. The van der Waals surface area contributed by atoms with E-state index in [1.807, 2.05) is 6.92 Å². The maximum atomic E-state index is 13.2. The molecular weight excluding hydrogens is 451 g/mol. The van der Waals surface area contributed by atoms with Gasteiger partial charge in [0, 0.05) is 23.1 Å². The van der Waals surface area contributed by atoms with E-state index >= 15 is 0 Å². The number of halogens is 2. The summed E-state index contributed by atoms with van der Waals surface area (Å²) in [5.74, 6) is 0.717. The minimum atomic E-state index is -0.648. The number of nitrogens with zero attached hydrogens (tertiary/aromatic N) is 1. The smallest absolute Gasteiger partial charge is 0.261 e. The second-order valence-corrected chi connectivity index (χ2v) is 8.13. The van der Waals surface area contributed by atoms with E-state index in [9.17, 15) is 9.59 Å². The average molecular weight is 481 g/mol. The Kier molecular flexibility index (Phi) is 10.6. The first-order valence-electron chi connectivity index (χ1n) is 10.7. The third-order valence-electron chi connectivity index (χ3n) is 4.99. The Morgan fingerprint density at radius 1 is 1.06 bits per heavy atom. The number of methoxy groups -OCH3 is 1. The van der Waals surface area contributed by atoms with Gasteiger partial charge in [0.2, 0.25) is 5.91 Å². The van der Waals surface area contributed by atoms with E-state index in [0.29, 0.717) is 40.1 Å². The summed E-state index contributed by atoms with van der Waals surface area (Å²) in [4.78, 5) is 27.6. The molecule has 1 unspecified atom stereocenters. The Labute approximate surface area is 199 Å². The number of hydrogen-bond donors (Lipinski definition) is 1. The van der Waals surface area contributed by atoms with Gasteiger partial charge >= 0.3 is 0 Å². The number of rotatable bonds is 12. The normalized spacial score (nSPS) is 11.5. The molecule has 6 nitrogen and oxygen atoms in total. The summed E-state index contributed by atoms with van der Waals surface area (Å²) >= 11 is 12.4. The molecule has 2 rings (SSSR count). The lowest BCUT2D eigenvalue weighted by Crippen LogP contribution is -2.50. The molecule has 0 radical (unpaired) electrons. The number of unbranched alkanes of at least 4 members (excludes halogenated alkanes) is 1. The fourth-order valence-corrected chi connectivity index (χ4v) is 3.63. The Morgan fingerprint density at radius 3 is 2.34 bits per heavy atom. The summed E-state index contributed by atoms with van der Waals surface area (Å²) in [5.41, 5.74) is 0.702. The number of amides is 2. The number of carbonyl (C=O) groups excluding carboxylic acids is 2. The van der Waals surface area contributed by atoms with Crippen molar-refractivity contribution in [1.29, 1.82) is 0 Å². The summed E-state index contributed by atoms with van der Waals surface area (Å²) in [6.07, 6.45) is 2.30. The first kappa shape index (κ1) is 25.8. The van der Waals surface area contributed by atoms with Crippen LogP contribution in [0.1, 0.15) is 38.7 Å². The molecule has 0 saturated heterocycles. The molecule has 0 aliphatic heterocycles. The third-order valence-corrected chi connectivity index (χ3v) is 5.58. The molecule has 0 heterocycles. The fraction of sp³-hybridized carbons (Fsp3) is 0.417. The Hall–Kier alpha value is -2.44. The molecule has 0 aromatic heterocycles. The van der Waals surface area contributed by atoms with Crippen LogP contribution in [0, 0.1) is 0 Å². The average Bonchev–Trinajstić information content (AvgIpc) is 2.79. The molecule has 1 N–H and O–H groups in total. The summed E-state index contributed by atoms with van der Waals surface area (Å²) in [6.45, 7) is 4.45. The topological polar surface area (TPSA) is 67.9 Å². The molecule has 0 spiro atoms. The van der Waals surface area contributed by atoms with Crippen LogP contribution in [-0.4, -0.2) is 43.0 Å². The quantitative estimate of drug-likeness (QED) is 0.428. The van der Waals surface area contributed by atoms with Crippen LogP contribution in [0.25, 0.3) is 0 Å². The number of carbonyl (C=O) groups is 2. The van der Waals surface area contributed by atoms with Crippen molar-refractivity contribution in [1.82, 2.24) is 10.2 Å². The van der Waals surface area contributed by atoms with Gasteiger partial charge in [-0.3, -0.25) is 9.59 Å². The highest BCUT2D eigenvalue weighted by Crippen LogP contribution is 2.24. The highest BCUT2D eigenvalue weighted by molar-refractivity contribution is 6.35. The lowest BCUT2D eigenvalue weighted by Gasteiger charge is -2.31. The van der Waals surface area contributed by atoms with Crippen LogP contribution in [0.2, 0.25) is 10.0 Å². The van der Waals surface area contributed by atoms with Gasteiger partial charge in [0.1, 0.15) is 17.5 Å². The SMILES string of the molecule is CCCCNC(=O)C(CC)N(Cc1ccc(Cl)cc1Cl)C(=O)COc1ccc(OC)cc1. The van der Waals surface area contributed by atoms with Crippen molar-refractivity contribution < 1.29 is 19.1 Å². The van der Waals surface area contributed by atoms with Crippen LogP contribution in [0.15, 0.2) is 42.5 Å². The zero-order chi connectivity index (χ0) is 23.5. The minimum Gasteiger partial charge on any atom is -0.497 e. The van der Waals surface area contributed by atoms with Crippen LogP contribution in [0.4, 0.5) is 0 Å². The Balaban J connectivity index is 2.19. The van der Waals surface area contributed by atoms with E-state index in [4.69, 9.17) is 32.7 Å². The van der Waals surface area contributed by atoms with Crippen LogP contribution in [0.5, 0.6) is 11.5 Å². The molecule has 174 valence electrons. The standard InChI is InChI=1S/C24H30Cl2N2O4/c1-4-6-13-27-24(30)22(5-2)28(15-17-7-8-18(25)14-21(17)26)23(29)16-32-20-11-9-19(31-3)10-12-20/h7-12,14,22H,4-6,13,15-16H2,1-3H3,(H,27,30). The van der Waals surface area contributed by atoms with E-state index in [2.05, 4.69) is 12.2 Å². The molecule has 32 heavy (non-hydrogen) atoms. The molecule has 0 saturated carbocycles. The highest BCUT2D eigenvalue weighted by atomic mass is 35.5. The van der Waals surface area contributed by atoms with Crippen molar-refractivity contribution in [2.45, 2.75) is 45.7 Å². The van der Waals surface area contributed by atoms with Crippen LogP contribution in [0.3, 0.4) is 0 Å². The largest absolute Gasteiger partial charge is 0.497 e. The Morgan fingerprint density at radius 2 is 1.75 bits per heavy atom. The van der Waals surface area contributed by atoms with Crippen molar-refractivity contribution in [3.63, 3.8) is 0 Å². The summed E-state index contributed by atoms with van der Waals surface area (Å²) in [6, 6.07) is 11.4. The van der Waals surface area contributed by atoms with E-state index in [-0.39, 0.29) is 25.0 Å². The number of nitrogens with one attached hydrogen (secondary N) is 1. The van der Waals surface area contributed by atoms with Crippen molar-refractivity contribution in [2.24, 2.45) is 0 Å². The lowest BCUT2D eigenvalue weighted by atomic mass is 10.1. The van der Waals surface area contributed by atoms with Crippen molar-refractivity contribution in [3.8, 4) is 11.5 Å². The van der Waals surface area contributed by atoms with Gasteiger partial charge in [-0.1, -0.05) is 49.5 Å². The van der Waals surface area contributed by atoms with Gasteiger partial charge in [-0.05, 0) is 54.8 Å². The first-order chi connectivity index (χ1) is 15.4. The summed E-state index contributed by atoms with van der Waals surface area (Å²) < 4.78 is 10.8. The van der Waals surface area contributed by atoms with Gasteiger partial charge < -0.3 is 19.7 Å². The van der Waals surface area contributed by atoms with E-state index in [1.165, 1.54) is 4.90 Å². The highest BCUT2D eigenvalue weighted by Gasteiger charge is 2.29. The van der Waals surface area contributed by atoms with Crippen molar-refractivity contribution >= 4 is 35.0 Å². The van der Waals surface area contributed by atoms with Crippen LogP contribution >= 0.6 is 23.2 Å². The molecule has 0 aliphatic carbocycles. The van der Waals surface area contributed by atoms with Gasteiger partial charge in [0.25, 0.3) is 5.91 Å². The van der Waals surface area contributed by atoms with Gasteiger partial charge in [0.15, 0.2) is 6.61 Å². The van der Waals surface area contributed by atoms with Crippen molar-refractivity contribution in [2.75, 3.05) is 20.3 Å². The zero-order valence-electron chi connectivity index (χ0n) is 18.7. The third kappa shape index (κ3) is 7.61. The molecule has 0 bridgehead atoms. The van der Waals surface area contributed by atoms with Crippen molar-refractivity contribution in [3.05, 3.63) is 58.1 Å². The lowest BCUT2D eigenvalue weighted by molar-refractivity contribution is -0.143. The predicted octanol–water partition coefficient (Wildman–Crippen LogP) is 5.10. The second-order valence-electron chi connectivity index (χ2n) is 7.29. The molecule has 2 amide bonds. The molecule has 2 aromatic carbocycles. The van der Waals surface area contributed by atoms with Crippen LogP contribution < -0.4 is 14.8 Å². The molecule has 1 atom stereocenters. The monoisotopic (exact) mass is 480 g/mol. The molecular formula is C24H30Cl2N2O4. The van der Waals surface area contributed by atoms with E-state index in [0.717, 1.165) is 12.8 Å². The predicted molar refractivity (Wildman–Crippen MR) is 127 cm³/mol. The first-order valence-corrected chi connectivity index (χ1v) is 11.4. The fourth-order valence-electron chi connectivity index (χ4n) is 3.16. The van der Waals surface area contributed by atoms with Gasteiger partial charge in [-0.25, -0.2) is 0 Å². The van der Waals surface area contributed by atoms with Gasteiger partial charge in [0.05, 0.1) is 7.11 Å². The number of benzene rings is 2. The van der Waals surface area contributed by atoms with Crippen LogP contribution in [-0.2, 0) is 16.1 Å². The molecule has 2 aromatic rings. The maximum absolute atomic E-state index is 13.2.